The van der Waals surface area contributed by atoms with Crippen molar-refractivity contribution in [1.29, 1.82) is 5.26 Å². The summed E-state index contributed by atoms with van der Waals surface area (Å²) in [5, 5.41) is 11.3. The first kappa shape index (κ1) is 20.5. The lowest BCUT2D eigenvalue weighted by Gasteiger charge is -2.12. The van der Waals surface area contributed by atoms with E-state index in [4.69, 9.17) is 11.6 Å². The molecule has 30 heavy (non-hydrogen) atoms. The lowest BCUT2D eigenvalue weighted by molar-refractivity contribution is 0.579. The molecule has 0 radical (unpaired) electrons. The molecule has 0 amide bonds. The highest BCUT2D eigenvalue weighted by molar-refractivity contribution is 7.88. The summed E-state index contributed by atoms with van der Waals surface area (Å²) >= 11 is 4.95. The van der Waals surface area contributed by atoms with E-state index in [-0.39, 0.29) is 0 Å². The number of halogens is 1. The average Bonchev–Trinajstić information content (AvgIpc) is 3.04. The second-order valence-corrected chi connectivity index (χ2v) is 8.64. The van der Waals surface area contributed by atoms with Gasteiger partial charge in [0.2, 0.25) is 0 Å². The number of nitriles is 1. The van der Waals surface area contributed by atoms with Crippen molar-refractivity contribution in [1.82, 2.24) is 14.3 Å². The van der Waals surface area contributed by atoms with E-state index in [0.717, 1.165) is 33.3 Å². The number of hydrogen-bond donors (Lipinski definition) is 1. The van der Waals surface area contributed by atoms with E-state index in [0.29, 0.717) is 22.9 Å². The molecule has 0 bridgehead atoms. The van der Waals surface area contributed by atoms with Crippen LogP contribution < -0.4 is 4.72 Å². The van der Waals surface area contributed by atoms with Crippen molar-refractivity contribution in [2.24, 2.45) is 7.05 Å². The molecule has 2 aromatic carbocycles. The van der Waals surface area contributed by atoms with Crippen molar-refractivity contribution in [3.63, 3.8) is 0 Å². The zero-order chi connectivity index (χ0) is 21.1. The van der Waals surface area contributed by atoms with Crippen molar-refractivity contribution in [2.45, 2.75) is 12.3 Å². The fourth-order valence-electron chi connectivity index (χ4n) is 3.51. The molecule has 0 spiro atoms. The normalized spacial score (nSPS) is 12.1. The molecule has 0 fully saturated rings. The van der Waals surface area contributed by atoms with Crippen molar-refractivity contribution >= 4 is 33.9 Å². The molecule has 1 unspecified atom stereocenters. The first-order valence-corrected chi connectivity index (χ1v) is 11.0. The molecule has 2 heterocycles. The van der Waals surface area contributed by atoms with Crippen LogP contribution in [0.3, 0.4) is 0 Å². The smallest absolute Gasteiger partial charge is 0.150 e. The van der Waals surface area contributed by atoms with Gasteiger partial charge in [-0.15, -0.1) is 4.72 Å². The minimum absolute atomic E-state index is 0.415. The average molecular weight is 435 g/mol. The molecular weight excluding hydrogens is 416 g/mol. The Morgan fingerprint density at radius 3 is 2.70 bits per heavy atom. The Labute approximate surface area is 183 Å². The van der Waals surface area contributed by atoms with Crippen LogP contribution in [0, 0.1) is 11.3 Å². The molecule has 0 aliphatic carbocycles. The Balaban J connectivity index is 1.58. The van der Waals surface area contributed by atoms with Crippen LogP contribution in [0.1, 0.15) is 16.7 Å². The molecule has 1 atom stereocenters. The summed E-state index contributed by atoms with van der Waals surface area (Å²) in [5.41, 5.74) is 5.00. The van der Waals surface area contributed by atoms with Crippen LogP contribution in [-0.2, 0) is 30.7 Å². The Morgan fingerprint density at radius 1 is 1.13 bits per heavy atom. The molecule has 150 valence electrons. The zero-order valence-corrected chi connectivity index (χ0v) is 17.9. The third-order valence-electron chi connectivity index (χ3n) is 4.92. The number of nitrogens with zero attached hydrogens (tertiary/aromatic N) is 3. The van der Waals surface area contributed by atoms with E-state index < -0.39 is 11.4 Å². The fraction of sp³-hybridized carbons (Fsp3) is 0.130. The largest absolute Gasteiger partial charge is 0.598 e. The van der Waals surface area contributed by atoms with Gasteiger partial charge in [-0.25, -0.2) is 0 Å². The van der Waals surface area contributed by atoms with Crippen LogP contribution in [0.2, 0.25) is 5.02 Å². The molecule has 4 rings (SSSR count). The van der Waals surface area contributed by atoms with Crippen molar-refractivity contribution in [3.8, 4) is 17.3 Å². The minimum Gasteiger partial charge on any atom is -0.598 e. The van der Waals surface area contributed by atoms with Crippen molar-refractivity contribution in [2.75, 3.05) is 0 Å². The number of pyridine rings is 1. The predicted octanol–water partition coefficient (Wildman–Crippen LogP) is 4.72. The molecule has 7 heteroatoms. The topological polar surface area (TPSA) is 76.7 Å². The molecule has 5 nitrogen and oxygen atoms in total. The lowest BCUT2D eigenvalue weighted by Crippen LogP contribution is -2.24. The highest BCUT2D eigenvalue weighted by atomic mass is 35.5. The van der Waals surface area contributed by atoms with E-state index in [1.807, 2.05) is 60.1 Å². The van der Waals surface area contributed by atoms with Gasteiger partial charge in [0, 0.05) is 52.3 Å². The van der Waals surface area contributed by atoms with E-state index in [2.05, 4.69) is 15.8 Å². The fourth-order valence-corrected chi connectivity index (χ4v) is 4.61. The van der Waals surface area contributed by atoms with Crippen LogP contribution in [-0.4, -0.2) is 14.1 Å². The van der Waals surface area contributed by atoms with Gasteiger partial charge in [0.15, 0.2) is 5.75 Å². The molecule has 2 aromatic heterocycles. The van der Waals surface area contributed by atoms with Crippen LogP contribution >= 0.6 is 11.6 Å². The number of rotatable bonds is 6. The third-order valence-corrected chi connectivity index (χ3v) is 6.22. The van der Waals surface area contributed by atoms with Crippen LogP contribution in [0.4, 0.5) is 0 Å². The molecule has 0 saturated heterocycles. The maximum absolute atomic E-state index is 12.4. The second-order valence-electron chi connectivity index (χ2n) is 6.93. The highest BCUT2D eigenvalue weighted by Crippen LogP contribution is 2.33. The molecule has 0 saturated carbocycles. The van der Waals surface area contributed by atoms with Gasteiger partial charge < -0.3 is 9.12 Å². The SMILES string of the molecule is Cn1c(-c2cncc(CN[S+]([O-])Cc3ccccc3)c2)c(C#N)c2ccc(Cl)cc21. The lowest BCUT2D eigenvalue weighted by atomic mass is 10.1. The molecule has 0 aliphatic heterocycles. The van der Waals surface area contributed by atoms with Gasteiger partial charge in [0.05, 0.1) is 23.3 Å². The summed E-state index contributed by atoms with van der Waals surface area (Å²) in [6.07, 6.45) is 3.48. The van der Waals surface area contributed by atoms with Crippen molar-refractivity contribution in [3.05, 3.63) is 88.7 Å². The molecular formula is C23H19ClN4OS. The first-order chi connectivity index (χ1) is 14.6. The van der Waals surface area contributed by atoms with Crippen molar-refractivity contribution < 1.29 is 4.55 Å². The van der Waals surface area contributed by atoms with Crippen LogP contribution in [0.15, 0.2) is 67.0 Å². The number of fused-ring (bicyclic) bond motifs is 1. The molecule has 1 N–H and O–H groups in total. The Bertz CT molecular complexity index is 1230. The van der Waals surface area contributed by atoms with Gasteiger partial charge in [-0.1, -0.05) is 41.9 Å². The van der Waals surface area contributed by atoms with Gasteiger partial charge in [-0.2, -0.15) is 5.26 Å². The Hall–Kier alpha value is -2.82. The van der Waals surface area contributed by atoms with Gasteiger partial charge in [0.1, 0.15) is 6.07 Å². The van der Waals surface area contributed by atoms with Gasteiger partial charge in [-0.3, -0.25) is 4.98 Å². The third kappa shape index (κ3) is 4.20. The van der Waals surface area contributed by atoms with E-state index in [1.54, 1.807) is 18.5 Å². The monoisotopic (exact) mass is 434 g/mol. The van der Waals surface area contributed by atoms with Gasteiger partial charge >= 0.3 is 0 Å². The summed E-state index contributed by atoms with van der Waals surface area (Å²) in [4.78, 5) is 4.34. The van der Waals surface area contributed by atoms with Gasteiger partial charge in [-0.05, 0) is 29.8 Å². The van der Waals surface area contributed by atoms with E-state index in [1.165, 1.54) is 0 Å². The Kier molecular flexibility index (Phi) is 6.07. The first-order valence-electron chi connectivity index (χ1n) is 9.35. The zero-order valence-electron chi connectivity index (χ0n) is 16.3. The molecule has 4 aromatic rings. The number of hydrogen-bond acceptors (Lipinski definition) is 4. The summed E-state index contributed by atoms with van der Waals surface area (Å²) in [5.74, 6) is 0.441. The van der Waals surface area contributed by atoms with E-state index >= 15 is 0 Å². The summed E-state index contributed by atoms with van der Waals surface area (Å²) in [6.45, 7) is 0.415. The van der Waals surface area contributed by atoms with Gasteiger partial charge in [0.25, 0.3) is 0 Å². The summed E-state index contributed by atoms with van der Waals surface area (Å²) in [6, 6.07) is 19.5. The number of benzene rings is 2. The number of aryl methyl sites for hydroxylation is 1. The maximum atomic E-state index is 12.4. The second kappa shape index (κ2) is 8.90. The standard InChI is InChI=1S/C23H19ClN4OS/c1-28-22-10-19(24)7-8-20(22)21(11-25)23(28)18-9-17(12-26-14-18)13-27-30(29)15-16-5-3-2-4-6-16/h2-10,12,14,27H,13,15H2,1H3. The predicted molar refractivity (Wildman–Crippen MR) is 121 cm³/mol. The highest BCUT2D eigenvalue weighted by Gasteiger charge is 2.18. The van der Waals surface area contributed by atoms with E-state index in [9.17, 15) is 9.81 Å². The minimum atomic E-state index is -1.20. The Morgan fingerprint density at radius 2 is 1.93 bits per heavy atom. The quantitative estimate of drug-likeness (QED) is 0.445. The van der Waals surface area contributed by atoms with Crippen LogP contribution in [0.25, 0.3) is 22.2 Å². The molecule has 0 aliphatic rings. The maximum Gasteiger partial charge on any atom is 0.150 e. The summed E-state index contributed by atoms with van der Waals surface area (Å²) in [7, 11) is 1.91. The number of aromatic nitrogens is 2. The number of nitrogens with one attached hydrogen (secondary N) is 1. The van der Waals surface area contributed by atoms with Crippen LogP contribution in [0.5, 0.6) is 0 Å². The summed E-state index contributed by atoms with van der Waals surface area (Å²) < 4.78 is 17.4.